The van der Waals surface area contributed by atoms with Gasteiger partial charge in [-0.25, -0.2) is 0 Å². The summed E-state index contributed by atoms with van der Waals surface area (Å²) in [5.41, 5.74) is 9.11. The maximum absolute atomic E-state index is 6.08. The lowest BCUT2D eigenvalue weighted by Crippen LogP contribution is -2.21. The molecule has 0 unspecified atom stereocenters. The van der Waals surface area contributed by atoms with Crippen LogP contribution in [0.4, 0.5) is 0 Å². The van der Waals surface area contributed by atoms with E-state index in [2.05, 4.69) is 18.2 Å². The Morgan fingerprint density at radius 2 is 2.19 bits per heavy atom. The third-order valence-corrected chi connectivity index (χ3v) is 3.79. The molecule has 16 heavy (non-hydrogen) atoms. The number of fused-ring (bicyclic) bond motifs is 1. The number of ether oxygens (including phenoxy) is 1. The van der Waals surface area contributed by atoms with Crippen LogP contribution in [0.2, 0.25) is 0 Å². The summed E-state index contributed by atoms with van der Waals surface area (Å²) in [6, 6.07) is 6.62. The van der Waals surface area contributed by atoms with E-state index in [1.165, 1.54) is 36.8 Å². The lowest BCUT2D eigenvalue weighted by molar-refractivity contribution is 0.357. The van der Waals surface area contributed by atoms with Gasteiger partial charge in [0.25, 0.3) is 0 Å². The second-order valence-corrected chi connectivity index (χ2v) is 5.26. The van der Waals surface area contributed by atoms with E-state index in [9.17, 15) is 0 Å². The Balaban J connectivity index is 1.58. The first-order chi connectivity index (χ1) is 7.75. The van der Waals surface area contributed by atoms with Gasteiger partial charge in [-0.2, -0.15) is 0 Å². The van der Waals surface area contributed by atoms with Gasteiger partial charge in [-0.1, -0.05) is 12.1 Å². The largest absolute Gasteiger partial charge is 0.493 e. The molecule has 2 nitrogen and oxygen atoms in total. The van der Waals surface area contributed by atoms with E-state index in [0.717, 1.165) is 25.2 Å². The molecule has 1 aromatic carbocycles. The fourth-order valence-electron chi connectivity index (χ4n) is 2.45. The molecular weight excluding hydrogens is 198 g/mol. The van der Waals surface area contributed by atoms with Crippen molar-refractivity contribution >= 4 is 0 Å². The third kappa shape index (κ3) is 2.07. The number of nitrogens with two attached hydrogens (primary N) is 1. The van der Waals surface area contributed by atoms with E-state index in [4.69, 9.17) is 10.5 Å². The fraction of sp³-hybridized carbons (Fsp3) is 0.571. The molecule has 0 atom stereocenters. The Kier molecular flexibility index (Phi) is 2.40. The van der Waals surface area contributed by atoms with Crippen molar-refractivity contribution in [3.63, 3.8) is 0 Å². The van der Waals surface area contributed by atoms with E-state index >= 15 is 0 Å². The Morgan fingerprint density at radius 1 is 1.31 bits per heavy atom. The van der Waals surface area contributed by atoms with E-state index < -0.39 is 0 Å². The Hall–Kier alpha value is -1.02. The zero-order valence-corrected chi connectivity index (χ0v) is 9.67. The summed E-state index contributed by atoms with van der Waals surface area (Å²) < 4.78 is 5.50. The molecule has 0 bridgehead atoms. The van der Waals surface area contributed by atoms with Crippen LogP contribution in [0.3, 0.4) is 0 Å². The van der Waals surface area contributed by atoms with Crippen molar-refractivity contribution in [3.05, 3.63) is 29.3 Å². The normalized spacial score (nSPS) is 20.3. The van der Waals surface area contributed by atoms with Crippen molar-refractivity contribution in [2.24, 2.45) is 5.73 Å². The summed E-state index contributed by atoms with van der Waals surface area (Å²) in [6.45, 7) is 0.852. The Labute approximate surface area is 96.8 Å². The Bertz CT molecular complexity index is 396. The molecule has 2 heteroatoms. The van der Waals surface area contributed by atoms with Crippen LogP contribution in [-0.2, 0) is 12.8 Å². The molecule has 1 fully saturated rings. The van der Waals surface area contributed by atoms with E-state index in [-0.39, 0.29) is 5.54 Å². The molecule has 0 radical (unpaired) electrons. The summed E-state index contributed by atoms with van der Waals surface area (Å²) in [7, 11) is 0. The van der Waals surface area contributed by atoms with Crippen LogP contribution in [0.25, 0.3) is 0 Å². The zero-order chi connectivity index (χ0) is 11.0. The number of hydrogen-bond donors (Lipinski definition) is 1. The SMILES string of the molecule is NC1(CCCc2ccc3c(c2)CCO3)CC1. The second kappa shape index (κ2) is 3.77. The summed E-state index contributed by atoms with van der Waals surface area (Å²) >= 11 is 0. The van der Waals surface area contributed by atoms with Gasteiger partial charge < -0.3 is 10.5 Å². The van der Waals surface area contributed by atoms with Crippen molar-refractivity contribution in [3.8, 4) is 5.75 Å². The minimum absolute atomic E-state index is 0.208. The fourth-order valence-corrected chi connectivity index (χ4v) is 2.45. The van der Waals surface area contributed by atoms with Crippen molar-refractivity contribution in [2.75, 3.05) is 6.61 Å². The first-order valence-electron chi connectivity index (χ1n) is 6.29. The smallest absolute Gasteiger partial charge is 0.122 e. The number of benzene rings is 1. The van der Waals surface area contributed by atoms with Crippen LogP contribution in [-0.4, -0.2) is 12.1 Å². The van der Waals surface area contributed by atoms with Crippen LogP contribution in [0.1, 0.15) is 36.8 Å². The zero-order valence-electron chi connectivity index (χ0n) is 9.67. The second-order valence-electron chi connectivity index (χ2n) is 5.26. The predicted molar refractivity (Wildman–Crippen MR) is 64.7 cm³/mol. The molecule has 1 aromatic rings. The highest BCUT2D eigenvalue weighted by Crippen LogP contribution is 2.37. The van der Waals surface area contributed by atoms with Crippen LogP contribution in [0, 0.1) is 0 Å². The highest BCUT2D eigenvalue weighted by atomic mass is 16.5. The van der Waals surface area contributed by atoms with Gasteiger partial charge >= 0.3 is 0 Å². The molecule has 86 valence electrons. The topological polar surface area (TPSA) is 35.2 Å². The van der Waals surface area contributed by atoms with Gasteiger partial charge in [0.05, 0.1) is 6.61 Å². The number of aryl methyl sites for hydroxylation is 1. The molecule has 3 rings (SSSR count). The first-order valence-corrected chi connectivity index (χ1v) is 6.29. The lowest BCUT2D eigenvalue weighted by Gasteiger charge is -2.08. The van der Waals surface area contributed by atoms with Gasteiger partial charge in [0.15, 0.2) is 0 Å². The van der Waals surface area contributed by atoms with E-state index in [1.54, 1.807) is 0 Å². The van der Waals surface area contributed by atoms with Gasteiger partial charge in [-0.15, -0.1) is 0 Å². The average molecular weight is 217 g/mol. The average Bonchev–Trinajstić information content (AvgIpc) is 2.84. The van der Waals surface area contributed by atoms with Crippen LogP contribution >= 0.6 is 0 Å². The van der Waals surface area contributed by atoms with Gasteiger partial charge in [-0.05, 0) is 49.3 Å². The van der Waals surface area contributed by atoms with Crippen LogP contribution in [0.5, 0.6) is 5.75 Å². The van der Waals surface area contributed by atoms with Gasteiger partial charge in [0.2, 0.25) is 0 Å². The van der Waals surface area contributed by atoms with Gasteiger partial charge in [0, 0.05) is 12.0 Å². The van der Waals surface area contributed by atoms with Gasteiger partial charge in [0.1, 0.15) is 5.75 Å². The molecule has 1 aliphatic carbocycles. The minimum Gasteiger partial charge on any atom is -0.493 e. The first kappa shape index (κ1) is 10.2. The highest BCUT2D eigenvalue weighted by Gasteiger charge is 2.36. The maximum atomic E-state index is 6.08. The van der Waals surface area contributed by atoms with Crippen molar-refractivity contribution < 1.29 is 4.74 Å². The molecule has 2 N–H and O–H groups in total. The maximum Gasteiger partial charge on any atom is 0.122 e. The van der Waals surface area contributed by atoms with Crippen molar-refractivity contribution in [1.29, 1.82) is 0 Å². The molecule has 0 aromatic heterocycles. The molecular formula is C14H19NO. The lowest BCUT2D eigenvalue weighted by atomic mass is 10.0. The molecule has 1 saturated carbocycles. The molecule has 1 aliphatic heterocycles. The molecule has 1 heterocycles. The Morgan fingerprint density at radius 3 is 3.00 bits per heavy atom. The van der Waals surface area contributed by atoms with Crippen LogP contribution < -0.4 is 10.5 Å². The summed E-state index contributed by atoms with van der Waals surface area (Å²) in [5.74, 6) is 1.08. The van der Waals surface area contributed by atoms with Gasteiger partial charge in [-0.3, -0.25) is 0 Å². The predicted octanol–water partition coefficient (Wildman–Crippen LogP) is 2.44. The quantitative estimate of drug-likeness (QED) is 0.840. The van der Waals surface area contributed by atoms with Crippen LogP contribution in [0.15, 0.2) is 18.2 Å². The van der Waals surface area contributed by atoms with Crippen molar-refractivity contribution in [1.82, 2.24) is 0 Å². The standard InChI is InChI=1S/C14H19NO/c15-14(7-8-14)6-1-2-11-3-4-13-12(10-11)5-9-16-13/h3-4,10H,1-2,5-9,15H2. The molecule has 2 aliphatic rings. The minimum atomic E-state index is 0.208. The van der Waals surface area contributed by atoms with E-state index in [1.807, 2.05) is 0 Å². The van der Waals surface area contributed by atoms with E-state index in [0.29, 0.717) is 0 Å². The highest BCUT2D eigenvalue weighted by molar-refractivity contribution is 5.39. The third-order valence-electron chi connectivity index (χ3n) is 3.79. The summed E-state index contributed by atoms with van der Waals surface area (Å²) in [5, 5.41) is 0. The number of rotatable bonds is 4. The summed E-state index contributed by atoms with van der Waals surface area (Å²) in [6.07, 6.45) is 7.09. The monoisotopic (exact) mass is 217 g/mol. The molecule has 0 amide bonds. The van der Waals surface area contributed by atoms with Crippen molar-refractivity contribution in [2.45, 2.75) is 44.1 Å². The molecule has 0 saturated heterocycles. The number of hydrogen-bond acceptors (Lipinski definition) is 2. The summed E-state index contributed by atoms with van der Waals surface area (Å²) in [4.78, 5) is 0. The molecule has 0 spiro atoms.